The van der Waals surface area contributed by atoms with Gasteiger partial charge in [0.2, 0.25) is 0 Å². The summed E-state index contributed by atoms with van der Waals surface area (Å²) < 4.78 is 0. The zero-order chi connectivity index (χ0) is 9.84. The van der Waals surface area contributed by atoms with Gasteiger partial charge in [0.15, 0.2) is 0 Å². The van der Waals surface area contributed by atoms with Crippen molar-refractivity contribution < 1.29 is 9.90 Å². The van der Waals surface area contributed by atoms with Crippen LogP contribution in [0.4, 0.5) is 0 Å². The van der Waals surface area contributed by atoms with E-state index in [2.05, 4.69) is 0 Å². The molecule has 14 heavy (non-hydrogen) atoms. The van der Waals surface area contributed by atoms with Crippen LogP contribution in [-0.4, -0.2) is 17.6 Å². The van der Waals surface area contributed by atoms with Crippen molar-refractivity contribution in [1.82, 2.24) is 0 Å². The van der Waals surface area contributed by atoms with Gasteiger partial charge in [0.25, 0.3) is 0 Å². The fraction of sp³-hybridized carbons (Fsp3) is 0.222. The average molecular weight is 236 g/mol. The first-order chi connectivity index (χ1) is 6.15. The highest BCUT2D eigenvalue weighted by molar-refractivity contribution is 6.30. The Bertz CT molecular complexity index is 317. The van der Waals surface area contributed by atoms with Gasteiger partial charge in [-0.05, 0) is 17.7 Å². The first-order valence-corrected chi connectivity index (χ1v) is 4.21. The molecular weight excluding hydrogens is 225 g/mol. The Morgan fingerprint density at radius 3 is 2.64 bits per heavy atom. The van der Waals surface area contributed by atoms with E-state index >= 15 is 0 Å². The number of aliphatic carboxylic acids is 1. The number of hydrogen-bond acceptors (Lipinski definition) is 2. The maximum atomic E-state index is 10.7. The molecule has 0 aliphatic carbocycles. The molecule has 0 saturated heterocycles. The highest BCUT2D eigenvalue weighted by Gasteiger charge is 2.17. The van der Waals surface area contributed by atoms with Gasteiger partial charge in [-0.25, -0.2) is 0 Å². The molecular formula is C9H11Cl2NO2. The number of benzene rings is 1. The third-order valence-electron chi connectivity index (χ3n) is 1.78. The van der Waals surface area contributed by atoms with Gasteiger partial charge in [-0.1, -0.05) is 23.7 Å². The number of carboxylic acid groups (broad SMARTS) is 1. The van der Waals surface area contributed by atoms with Crippen molar-refractivity contribution in [2.75, 3.05) is 6.54 Å². The van der Waals surface area contributed by atoms with E-state index in [1.54, 1.807) is 24.3 Å². The van der Waals surface area contributed by atoms with Crippen molar-refractivity contribution in [3.63, 3.8) is 0 Å². The minimum Gasteiger partial charge on any atom is -0.481 e. The van der Waals surface area contributed by atoms with Crippen LogP contribution < -0.4 is 5.73 Å². The molecule has 1 aromatic rings. The molecule has 0 aromatic heterocycles. The molecule has 0 heterocycles. The number of rotatable bonds is 3. The highest BCUT2D eigenvalue weighted by Crippen LogP contribution is 2.18. The second kappa shape index (κ2) is 5.86. The maximum absolute atomic E-state index is 10.7. The summed E-state index contributed by atoms with van der Waals surface area (Å²) in [6, 6.07) is 6.73. The molecule has 1 aromatic carbocycles. The summed E-state index contributed by atoms with van der Waals surface area (Å²) in [6.45, 7) is 0.0790. The third-order valence-corrected chi connectivity index (χ3v) is 2.02. The van der Waals surface area contributed by atoms with E-state index in [0.717, 1.165) is 0 Å². The molecule has 0 aliphatic heterocycles. The standard InChI is InChI=1S/C9H10ClNO2.ClH/c10-7-3-1-2-6(4-7)8(5-11)9(12)13;/h1-4,8H,5,11H2,(H,12,13);1H/t8-;/m0./s1. The summed E-state index contributed by atoms with van der Waals surface area (Å²) in [5.74, 6) is -1.59. The number of nitrogens with two attached hydrogens (primary N) is 1. The van der Waals surface area contributed by atoms with Crippen LogP contribution in [0.2, 0.25) is 5.02 Å². The Kier molecular flexibility index (Phi) is 5.53. The first kappa shape index (κ1) is 13.2. The van der Waals surface area contributed by atoms with Crippen LogP contribution in [0.15, 0.2) is 24.3 Å². The van der Waals surface area contributed by atoms with Gasteiger partial charge in [0.1, 0.15) is 0 Å². The lowest BCUT2D eigenvalue weighted by Crippen LogP contribution is -2.20. The minimum atomic E-state index is -0.926. The lowest BCUT2D eigenvalue weighted by molar-refractivity contribution is -0.138. The molecule has 0 amide bonds. The van der Waals surface area contributed by atoms with Gasteiger partial charge in [-0.15, -0.1) is 12.4 Å². The molecule has 0 spiro atoms. The number of carbonyl (C=O) groups is 1. The molecule has 78 valence electrons. The zero-order valence-corrected chi connectivity index (χ0v) is 8.89. The summed E-state index contributed by atoms with van der Waals surface area (Å²) >= 11 is 5.72. The Labute approximate surface area is 93.3 Å². The van der Waals surface area contributed by atoms with Crippen LogP contribution in [0.1, 0.15) is 11.5 Å². The second-order valence-corrected chi connectivity index (χ2v) is 3.12. The summed E-state index contributed by atoms with van der Waals surface area (Å²) in [4.78, 5) is 10.7. The van der Waals surface area contributed by atoms with Crippen molar-refractivity contribution in [1.29, 1.82) is 0 Å². The molecule has 0 aliphatic rings. The predicted molar refractivity (Wildman–Crippen MR) is 58.1 cm³/mol. The average Bonchev–Trinajstić information content (AvgIpc) is 2.04. The number of carboxylic acids is 1. The minimum absolute atomic E-state index is 0. The van der Waals surface area contributed by atoms with E-state index in [0.29, 0.717) is 10.6 Å². The molecule has 1 atom stereocenters. The molecule has 0 radical (unpaired) electrons. The van der Waals surface area contributed by atoms with Gasteiger partial charge in [0.05, 0.1) is 5.92 Å². The smallest absolute Gasteiger partial charge is 0.312 e. The van der Waals surface area contributed by atoms with Crippen LogP contribution in [0.3, 0.4) is 0 Å². The molecule has 3 nitrogen and oxygen atoms in total. The predicted octanol–water partition coefficient (Wildman–Crippen LogP) is 1.89. The van der Waals surface area contributed by atoms with Gasteiger partial charge in [-0.2, -0.15) is 0 Å². The topological polar surface area (TPSA) is 63.3 Å². The molecule has 0 unspecified atom stereocenters. The maximum Gasteiger partial charge on any atom is 0.312 e. The van der Waals surface area contributed by atoms with Crippen molar-refractivity contribution in [3.05, 3.63) is 34.9 Å². The lowest BCUT2D eigenvalue weighted by Gasteiger charge is -2.09. The second-order valence-electron chi connectivity index (χ2n) is 2.68. The zero-order valence-electron chi connectivity index (χ0n) is 7.31. The van der Waals surface area contributed by atoms with Gasteiger partial charge in [0, 0.05) is 11.6 Å². The summed E-state index contributed by atoms with van der Waals surface area (Å²) in [7, 11) is 0. The molecule has 0 bridgehead atoms. The Morgan fingerprint density at radius 1 is 1.57 bits per heavy atom. The van der Waals surface area contributed by atoms with Crippen LogP contribution in [0, 0.1) is 0 Å². The fourth-order valence-electron chi connectivity index (χ4n) is 1.10. The van der Waals surface area contributed by atoms with Gasteiger partial charge in [-0.3, -0.25) is 4.79 Å². The van der Waals surface area contributed by atoms with E-state index < -0.39 is 11.9 Å². The van der Waals surface area contributed by atoms with Crippen LogP contribution in [0.25, 0.3) is 0 Å². The van der Waals surface area contributed by atoms with Crippen LogP contribution in [-0.2, 0) is 4.79 Å². The van der Waals surface area contributed by atoms with E-state index in [9.17, 15) is 4.79 Å². The molecule has 0 saturated carbocycles. The van der Waals surface area contributed by atoms with E-state index in [1.165, 1.54) is 0 Å². The van der Waals surface area contributed by atoms with Crippen molar-refractivity contribution in [3.8, 4) is 0 Å². The third kappa shape index (κ3) is 3.18. The van der Waals surface area contributed by atoms with E-state index in [4.69, 9.17) is 22.4 Å². The first-order valence-electron chi connectivity index (χ1n) is 3.83. The molecule has 1 rings (SSSR count). The number of hydrogen-bond donors (Lipinski definition) is 2. The monoisotopic (exact) mass is 235 g/mol. The van der Waals surface area contributed by atoms with E-state index in [-0.39, 0.29) is 19.0 Å². The van der Waals surface area contributed by atoms with E-state index in [1.807, 2.05) is 0 Å². The Morgan fingerprint density at radius 2 is 2.21 bits per heavy atom. The summed E-state index contributed by atoms with van der Waals surface area (Å²) in [5, 5.41) is 9.32. The number of halogens is 2. The van der Waals surface area contributed by atoms with Crippen LogP contribution in [0.5, 0.6) is 0 Å². The van der Waals surface area contributed by atoms with Crippen molar-refractivity contribution in [2.24, 2.45) is 5.73 Å². The van der Waals surface area contributed by atoms with Crippen molar-refractivity contribution in [2.45, 2.75) is 5.92 Å². The van der Waals surface area contributed by atoms with Gasteiger partial charge < -0.3 is 10.8 Å². The normalized spacial score (nSPS) is 11.6. The van der Waals surface area contributed by atoms with Crippen molar-refractivity contribution >= 4 is 30.0 Å². The van der Waals surface area contributed by atoms with Gasteiger partial charge >= 0.3 is 5.97 Å². The van der Waals surface area contributed by atoms with Crippen LogP contribution >= 0.6 is 24.0 Å². The SMILES string of the molecule is Cl.NC[C@H](C(=O)O)c1cccc(Cl)c1. The molecule has 3 N–H and O–H groups in total. The molecule has 0 fully saturated rings. The lowest BCUT2D eigenvalue weighted by atomic mass is 10.00. The summed E-state index contributed by atoms with van der Waals surface area (Å²) in [6.07, 6.45) is 0. The largest absolute Gasteiger partial charge is 0.481 e. The fourth-order valence-corrected chi connectivity index (χ4v) is 1.30. The summed E-state index contributed by atoms with van der Waals surface area (Å²) in [5.41, 5.74) is 5.97. The Balaban J connectivity index is 0.00000169. The quantitative estimate of drug-likeness (QED) is 0.842. The molecule has 5 heteroatoms. The highest BCUT2D eigenvalue weighted by atomic mass is 35.5. The Hall–Kier alpha value is -0.770.